The van der Waals surface area contributed by atoms with Gasteiger partial charge in [-0.25, -0.2) is 15.0 Å². The zero-order chi connectivity index (χ0) is 8.39. The van der Waals surface area contributed by atoms with Crippen LogP contribution in [0.15, 0.2) is 23.8 Å². The molecule has 0 unspecified atom stereocenters. The van der Waals surface area contributed by atoms with Crippen molar-refractivity contribution in [2.24, 2.45) is 0 Å². The molecular weight excluding hydrogens is 170 g/mol. The Labute approximate surface area is 74.2 Å². The quantitative estimate of drug-likeness (QED) is 0.667. The second-order valence-electron chi connectivity index (χ2n) is 2.37. The van der Waals surface area contributed by atoms with Crippen LogP contribution in [0.5, 0.6) is 0 Å². The maximum absolute atomic E-state index is 4.27. The third-order valence-electron chi connectivity index (χ3n) is 1.38. The van der Waals surface area contributed by atoms with Gasteiger partial charge in [-0.05, 0) is 13.0 Å². The molecule has 12 heavy (non-hydrogen) atoms. The summed E-state index contributed by atoms with van der Waals surface area (Å²) in [5, 5.41) is 2.87. The molecule has 0 aliphatic heterocycles. The molecule has 0 atom stereocenters. The van der Waals surface area contributed by atoms with Gasteiger partial charge < -0.3 is 0 Å². The third-order valence-corrected chi connectivity index (χ3v) is 2.33. The molecule has 0 fully saturated rings. The molecule has 0 radical (unpaired) electrons. The standard InChI is InChI=1S/C8H7N3S/c1-6-5-12-8(11-6)7-9-3-2-4-10-7/h2-5H,1H3. The number of aromatic nitrogens is 3. The molecular formula is C8H7N3S. The Morgan fingerprint density at radius 3 is 2.58 bits per heavy atom. The largest absolute Gasteiger partial charge is 0.238 e. The van der Waals surface area contributed by atoms with E-state index in [0.29, 0.717) is 5.82 Å². The van der Waals surface area contributed by atoms with E-state index < -0.39 is 0 Å². The summed E-state index contributed by atoms with van der Waals surface area (Å²) in [5.41, 5.74) is 1.02. The average molecular weight is 177 g/mol. The van der Waals surface area contributed by atoms with Crippen LogP contribution < -0.4 is 0 Å². The monoisotopic (exact) mass is 177 g/mol. The highest BCUT2D eigenvalue weighted by atomic mass is 32.1. The highest BCUT2D eigenvalue weighted by molar-refractivity contribution is 7.13. The molecule has 0 amide bonds. The van der Waals surface area contributed by atoms with Crippen molar-refractivity contribution in [1.29, 1.82) is 0 Å². The molecule has 2 rings (SSSR count). The zero-order valence-electron chi connectivity index (χ0n) is 6.56. The first-order valence-corrected chi connectivity index (χ1v) is 4.44. The molecule has 0 aliphatic rings. The summed E-state index contributed by atoms with van der Waals surface area (Å²) in [6.45, 7) is 1.96. The topological polar surface area (TPSA) is 38.7 Å². The molecule has 4 heteroatoms. The van der Waals surface area contributed by atoms with Gasteiger partial charge in [-0.2, -0.15) is 0 Å². The van der Waals surface area contributed by atoms with Crippen molar-refractivity contribution in [3.63, 3.8) is 0 Å². The first kappa shape index (κ1) is 7.36. The van der Waals surface area contributed by atoms with Crippen molar-refractivity contribution < 1.29 is 0 Å². The first-order chi connectivity index (χ1) is 5.86. The van der Waals surface area contributed by atoms with Crippen LogP contribution in [0.1, 0.15) is 5.69 Å². The normalized spacial score (nSPS) is 10.1. The van der Waals surface area contributed by atoms with Crippen LogP contribution in [0.3, 0.4) is 0 Å². The fourth-order valence-corrected chi connectivity index (χ4v) is 1.61. The van der Waals surface area contributed by atoms with E-state index in [1.54, 1.807) is 29.8 Å². The Kier molecular flexibility index (Phi) is 1.83. The number of hydrogen-bond donors (Lipinski definition) is 0. The summed E-state index contributed by atoms with van der Waals surface area (Å²) in [6, 6.07) is 1.80. The van der Waals surface area contributed by atoms with E-state index in [2.05, 4.69) is 15.0 Å². The smallest absolute Gasteiger partial charge is 0.188 e. The van der Waals surface area contributed by atoms with Crippen molar-refractivity contribution in [2.75, 3.05) is 0 Å². The molecule has 0 spiro atoms. The van der Waals surface area contributed by atoms with E-state index in [0.717, 1.165) is 10.7 Å². The Balaban J connectivity index is 2.45. The van der Waals surface area contributed by atoms with Crippen molar-refractivity contribution in [1.82, 2.24) is 15.0 Å². The van der Waals surface area contributed by atoms with Gasteiger partial charge in [-0.1, -0.05) is 0 Å². The van der Waals surface area contributed by atoms with Crippen molar-refractivity contribution in [2.45, 2.75) is 6.92 Å². The predicted octanol–water partition coefficient (Wildman–Crippen LogP) is 1.91. The number of hydrogen-bond acceptors (Lipinski definition) is 4. The van der Waals surface area contributed by atoms with Gasteiger partial charge in [-0.15, -0.1) is 11.3 Å². The molecule has 60 valence electrons. The SMILES string of the molecule is Cc1csc(-c2ncccn2)n1. The molecule has 2 aromatic heterocycles. The number of thiazole rings is 1. The van der Waals surface area contributed by atoms with E-state index in [-0.39, 0.29) is 0 Å². The summed E-state index contributed by atoms with van der Waals surface area (Å²) < 4.78 is 0. The van der Waals surface area contributed by atoms with Gasteiger partial charge >= 0.3 is 0 Å². The van der Waals surface area contributed by atoms with E-state index in [1.165, 1.54) is 0 Å². The van der Waals surface area contributed by atoms with Crippen molar-refractivity contribution in [3.8, 4) is 10.8 Å². The van der Waals surface area contributed by atoms with Crippen LogP contribution in [0.4, 0.5) is 0 Å². The second kappa shape index (κ2) is 2.98. The van der Waals surface area contributed by atoms with Gasteiger partial charge in [0.15, 0.2) is 10.8 Å². The number of nitrogens with zero attached hydrogens (tertiary/aromatic N) is 3. The maximum atomic E-state index is 4.27. The molecule has 2 heterocycles. The predicted molar refractivity (Wildman–Crippen MR) is 47.9 cm³/mol. The maximum Gasteiger partial charge on any atom is 0.188 e. The van der Waals surface area contributed by atoms with Crippen LogP contribution in [0.25, 0.3) is 10.8 Å². The number of aryl methyl sites for hydroxylation is 1. The Bertz CT molecular complexity index is 369. The Morgan fingerprint density at radius 1 is 1.25 bits per heavy atom. The summed E-state index contributed by atoms with van der Waals surface area (Å²) >= 11 is 1.57. The lowest BCUT2D eigenvalue weighted by Crippen LogP contribution is -1.85. The Morgan fingerprint density at radius 2 is 2.00 bits per heavy atom. The van der Waals surface area contributed by atoms with Gasteiger partial charge in [-0.3, -0.25) is 0 Å². The van der Waals surface area contributed by atoms with Crippen LogP contribution in [0, 0.1) is 6.92 Å². The fourth-order valence-electron chi connectivity index (χ4n) is 0.866. The lowest BCUT2D eigenvalue weighted by Gasteiger charge is -1.90. The highest BCUT2D eigenvalue weighted by Crippen LogP contribution is 2.18. The summed E-state index contributed by atoms with van der Waals surface area (Å²) in [5.74, 6) is 0.704. The lowest BCUT2D eigenvalue weighted by molar-refractivity contribution is 1.15. The third kappa shape index (κ3) is 1.33. The molecule has 0 N–H and O–H groups in total. The molecule has 0 saturated heterocycles. The van der Waals surface area contributed by atoms with Gasteiger partial charge in [0.2, 0.25) is 0 Å². The minimum Gasteiger partial charge on any atom is -0.238 e. The average Bonchev–Trinajstić information content (AvgIpc) is 2.54. The van der Waals surface area contributed by atoms with Crippen molar-refractivity contribution in [3.05, 3.63) is 29.5 Å². The van der Waals surface area contributed by atoms with E-state index in [4.69, 9.17) is 0 Å². The summed E-state index contributed by atoms with van der Waals surface area (Å²) in [6.07, 6.45) is 3.44. The molecule has 0 bridgehead atoms. The lowest BCUT2D eigenvalue weighted by atomic mass is 10.5. The molecule has 2 aromatic rings. The zero-order valence-corrected chi connectivity index (χ0v) is 7.38. The van der Waals surface area contributed by atoms with E-state index >= 15 is 0 Å². The van der Waals surface area contributed by atoms with Crippen LogP contribution in [0.2, 0.25) is 0 Å². The van der Waals surface area contributed by atoms with Crippen LogP contribution in [-0.2, 0) is 0 Å². The molecule has 0 saturated carbocycles. The van der Waals surface area contributed by atoms with E-state index in [9.17, 15) is 0 Å². The highest BCUT2D eigenvalue weighted by Gasteiger charge is 2.02. The first-order valence-electron chi connectivity index (χ1n) is 3.56. The summed E-state index contributed by atoms with van der Waals surface area (Å²) in [4.78, 5) is 12.5. The van der Waals surface area contributed by atoms with Gasteiger partial charge in [0.1, 0.15) is 0 Å². The van der Waals surface area contributed by atoms with Gasteiger partial charge in [0, 0.05) is 23.5 Å². The van der Waals surface area contributed by atoms with Crippen LogP contribution in [-0.4, -0.2) is 15.0 Å². The summed E-state index contributed by atoms with van der Waals surface area (Å²) in [7, 11) is 0. The Hall–Kier alpha value is -1.29. The fraction of sp³-hybridized carbons (Fsp3) is 0.125. The van der Waals surface area contributed by atoms with Crippen LogP contribution >= 0.6 is 11.3 Å². The van der Waals surface area contributed by atoms with Gasteiger partial charge in [0.25, 0.3) is 0 Å². The minimum absolute atomic E-state index is 0.704. The van der Waals surface area contributed by atoms with E-state index in [1.807, 2.05) is 12.3 Å². The molecule has 0 aromatic carbocycles. The molecule has 3 nitrogen and oxygen atoms in total. The van der Waals surface area contributed by atoms with Gasteiger partial charge in [0.05, 0.1) is 0 Å². The number of rotatable bonds is 1. The van der Waals surface area contributed by atoms with Crippen molar-refractivity contribution >= 4 is 11.3 Å². The molecule has 0 aliphatic carbocycles. The minimum atomic E-state index is 0.704. The second-order valence-corrected chi connectivity index (χ2v) is 3.22.